The van der Waals surface area contributed by atoms with Crippen molar-refractivity contribution in [3.05, 3.63) is 29.3 Å². The Balaban J connectivity index is 1.93. The number of hydrogen-bond donors (Lipinski definition) is 2. The smallest absolute Gasteiger partial charge is 0.238 e. The summed E-state index contributed by atoms with van der Waals surface area (Å²) in [5.41, 5.74) is 7.56. The molecule has 1 saturated carbocycles. The van der Waals surface area contributed by atoms with E-state index in [4.69, 9.17) is 10.5 Å². The molecule has 2 rings (SSSR count). The summed E-state index contributed by atoms with van der Waals surface area (Å²) in [5, 5.41) is 3.16. The first kappa shape index (κ1) is 15.8. The van der Waals surface area contributed by atoms with Gasteiger partial charge in [0.05, 0.1) is 6.61 Å². The van der Waals surface area contributed by atoms with Crippen molar-refractivity contribution in [3.63, 3.8) is 0 Å². The average Bonchev–Trinajstić information content (AvgIpc) is 2.87. The molecule has 1 aromatic carbocycles. The normalized spacial score (nSPS) is 25.0. The van der Waals surface area contributed by atoms with Crippen molar-refractivity contribution in [1.29, 1.82) is 0 Å². The molecule has 0 radical (unpaired) electrons. The quantitative estimate of drug-likeness (QED) is 0.845. The van der Waals surface area contributed by atoms with Crippen LogP contribution in [0, 0.1) is 19.8 Å². The zero-order valence-electron chi connectivity index (χ0n) is 13.2. The lowest BCUT2D eigenvalue weighted by Gasteiger charge is -2.32. The van der Waals surface area contributed by atoms with Crippen molar-refractivity contribution in [1.82, 2.24) is 5.32 Å². The van der Waals surface area contributed by atoms with Crippen molar-refractivity contribution in [2.24, 2.45) is 11.7 Å². The predicted octanol–water partition coefficient (Wildman–Crippen LogP) is 2.32. The Morgan fingerprint density at radius 2 is 2.19 bits per heavy atom. The third-order valence-electron chi connectivity index (χ3n) is 4.92. The van der Waals surface area contributed by atoms with Crippen LogP contribution in [0.5, 0.6) is 5.75 Å². The molecular weight excluding hydrogens is 264 g/mol. The number of benzene rings is 1. The maximum atomic E-state index is 11.8. The van der Waals surface area contributed by atoms with E-state index in [1.807, 2.05) is 13.1 Å². The minimum atomic E-state index is -0.549. The lowest BCUT2D eigenvalue weighted by molar-refractivity contribution is -0.125. The highest BCUT2D eigenvalue weighted by Gasteiger charge is 2.46. The van der Waals surface area contributed by atoms with Crippen LogP contribution in [0.4, 0.5) is 0 Å². The van der Waals surface area contributed by atoms with Gasteiger partial charge in [0, 0.05) is 0 Å². The molecule has 1 aliphatic carbocycles. The van der Waals surface area contributed by atoms with Crippen LogP contribution in [-0.2, 0) is 4.79 Å². The van der Waals surface area contributed by atoms with Crippen LogP contribution in [0.3, 0.4) is 0 Å². The zero-order valence-corrected chi connectivity index (χ0v) is 13.2. The highest BCUT2D eigenvalue weighted by atomic mass is 16.5. The Labute approximate surface area is 127 Å². The van der Waals surface area contributed by atoms with Gasteiger partial charge in [0.25, 0.3) is 0 Å². The fourth-order valence-electron chi connectivity index (χ4n) is 3.37. The van der Waals surface area contributed by atoms with Gasteiger partial charge in [-0.25, -0.2) is 0 Å². The maximum absolute atomic E-state index is 11.8. The standard InChI is InChI=1S/C17H26N2O2/c1-12-6-7-15(11-13(12)2)21-10-8-14-5-4-9-17(14,19-3)16(18)20/h6-7,11,14,19H,4-5,8-10H2,1-3H3,(H2,18,20). The van der Waals surface area contributed by atoms with Gasteiger partial charge in [-0.2, -0.15) is 0 Å². The summed E-state index contributed by atoms with van der Waals surface area (Å²) in [6, 6.07) is 6.13. The molecule has 1 fully saturated rings. The van der Waals surface area contributed by atoms with Crippen LogP contribution < -0.4 is 15.8 Å². The molecule has 1 aromatic rings. The van der Waals surface area contributed by atoms with Crippen molar-refractivity contribution >= 4 is 5.91 Å². The van der Waals surface area contributed by atoms with Crippen LogP contribution in [0.1, 0.15) is 36.8 Å². The minimum absolute atomic E-state index is 0.237. The first-order valence-corrected chi connectivity index (χ1v) is 7.68. The van der Waals surface area contributed by atoms with Crippen molar-refractivity contribution in [2.75, 3.05) is 13.7 Å². The molecule has 2 unspecified atom stereocenters. The van der Waals surface area contributed by atoms with E-state index in [1.165, 1.54) is 11.1 Å². The third kappa shape index (κ3) is 3.21. The number of rotatable bonds is 6. The van der Waals surface area contributed by atoms with Crippen LogP contribution in [0.25, 0.3) is 0 Å². The molecule has 1 amide bonds. The first-order chi connectivity index (χ1) is 9.99. The van der Waals surface area contributed by atoms with E-state index in [-0.39, 0.29) is 11.8 Å². The van der Waals surface area contributed by atoms with E-state index in [0.717, 1.165) is 31.4 Å². The lowest BCUT2D eigenvalue weighted by Crippen LogP contribution is -2.56. The number of nitrogens with one attached hydrogen (secondary N) is 1. The summed E-state index contributed by atoms with van der Waals surface area (Å²) >= 11 is 0. The average molecular weight is 290 g/mol. The molecule has 116 valence electrons. The molecule has 2 atom stereocenters. The molecule has 0 saturated heterocycles. The molecule has 1 aliphatic rings. The van der Waals surface area contributed by atoms with Crippen molar-refractivity contribution < 1.29 is 9.53 Å². The Morgan fingerprint density at radius 1 is 1.43 bits per heavy atom. The van der Waals surface area contributed by atoms with Gasteiger partial charge in [-0.15, -0.1) is 0 Å². The van der Waals surface area contributed by atoms with Gasteiger partial charge in [0.15, 0.2) is 0 Å². The maximum Gasteiger partial charge on any atom is 0.238 e. The number of carbonyl (C=O) groups is 1. The number of hydrogen-bond acceptors (Lipinski definition) is 3. The van der Waals surface area contributed by atoms with Gasteiger partial charge in [-0.3, -0.25) is 4.79 Å². The SMILES string of the molecule is CNC1(C(N)=O)CCCC1CCOc1ccc(C)c(C)c1. The Hall–Kier alpha value is -1.55. The molecule has 0 aromatic heterocycles. The minimum Gasteiger partial charge on any atom is -0.494 e. The Bertz CT molecular complexity index is 516. The van der Waals surface area contributed by atoms with Crippen molar-refractivity contribution in [2.45, 2.75) is 45.1 Å². The predicted molar refractivity (Wildman–Crippen MR) is 84.4 cm³/mol. The summed E-state index contributed by atoms with van der Waals surface area (Å²) in [5.74, 6) is 0.912. The van der Waals surface area contributed by atoms with Crippen LogP contribution >= 0.6 is 0 Å². The lowest BCUT2D eigenvalue weighted by atomic mass is 9.84. The number of aryl methyl sites for hydroxylation is 2. The monoisotopic (exact) mass is 290 g/mol. The van der Waals surface area contributed by atoms with Crippen LogP contribution in [0.2, 0.25) is 0 Å². The third-order valence-corrected chi connectivity index (χ3v) is 4.92. The highest BCUT2D eigenvalue weighted by Crippen LogP contribution is 2.37. The van der Waals surface area contributed by atoms with E-state index in [2.05, 4.69) is 31.3 Å². The summed E-state index contributed by atoms with van der Waals surface area (Å²) in [4.78, 5) is 11.8. The summed E-state index contributed by atoms with van der Waals surface area (Å²) in [7, 11) is 1.83. The van der Waals surface area contributed by atoms with E-state index in [1.54, 1.807) is 0 Å². The number of ether oxygens (including phenoxy) is 1. The molecule has 0 heterocycles. The fraction of sp³-hybridized carbons (Fsp3) is 0.588. The fourth-order valence-corrected chi connectivity index (χ4v) is 3.37. The number of carbonyl (C=O) groups excluding carboxylic acids is 1. The summed E-state index contributed by atoms with van der Waals surface area (Å²) in [6.07, 6.45) is 3.74. The zero-order chi connectivity index (χ0) is 15.5. The molecule has 4 nitrogen and oxygen atoms in total. The summed E-state index contributed by atoms with van der Waals surface area (Å²) in [6.45, 7) is 4.79. The second-order valence-corrected chi connectivity index (χ2v) is 6.06. The van der Waals surface area contributed by atoms with Crippen molar-refractivity contribution in [3.8, 4) is 5.75 Å². The van der Waals surface area contributed by atoms with E-state index in [9.17, 15) is 4.79 Å². The second-order valence-electron chi connectivity index (χ2n) is 6.06. The molecule has 0 spiro atoms. The van der Waals surface area contributed by atoms with Gasteiger partial charge in [-0.1, -0.05) is 12.5 Å². The van der Waals surface area contributed by atoms with Gasteiger partial charge in [0.1, 0.15) is 11.3 Å². The van der Waals surface area contributed by atoms with Crippen LogP contribution in [-0.4, -0.2) is 25.1 Å². The second kappa shape index (κ2) is 6.48. The Morgan fingerprint density at radius 3 is 2.81 bits per heavy atom. The molecule has 0 aliphatic heterocycles. The summed E-state index contributed by atoms with van der Waals surface area (Å²) < 4.78 is 5.84. The molecule has 4 heteroatoms. The molecule has 21 heavy (non-hydrogen) atoms. The van der Waals surface area contributed by atoms with E-state index >= 15 is 0 Å². The molecule has 0 bridgehead atoms. The number of nitrogens with two attached hydrogens (primary N) is 1. The largest absolute Gasteiger partial charge is 0.494 e. The number of amides is 1. The molecular formula is C17H26N2O2. The van der Waals surface area contributed by atoms with E-state index < -0.39 is 5.54 Å². The van der Waals surface area contributed by atoms with Gasteiger partial charge in [-0.05, 0) is 69.3 Å². The Kier molecular flexibility index (Phi) is 4.88. The molecule has 3 N–H and O–H groups in total. The van der Waals surface area contributed by atoms with Crippen LogP contribution in [0.15, 0.2) is 18.2 Å². The number of primary amides is 1. The first-order valence-electron chi connectivity index (χ1n) is 7.68. The topological polar surface area (TPSA) is 64.3 Å². The van der Waals surface area contributed by atoms with Gasteiger partial charge < -0.3 is 15.8 Å². The van der Waals surface area contributed by atoms with Gasteiger partial charge >= 0.3 is 0 Å². The number of likely N-dealkylation sites (N-methyl/N-ethyl adjacent to an activating group) is 1. The van der Waals surface area contributed by atoms with Gasteiger partial charge in [0.2, 0.25) is 5.91 Å². The highest BCUT2D eigenvalue weighted by molar-refractivity contribution is 5.85. The van der Waals surface area contributed by atoms with E-state index in [0.29, 0.717) is 6.61 Å².